The number of ether oxygens (including phenoxy) is 2. The second kappa shape index (κ2) is 9.07. The Morgan fingerprint density at radius 1 is 1.00 bits per heavy atom. The maximum absolute atomic E-state index is 13.1. The van der Waals surface area contributed by atoms with Gasteiger partial charge in [-0.1, -0.05) is 18.2 Å². The molecule has 2 amide bonds. The fraction of sp³-hybridized carbons (Fsp3) is 0.348. The zero-order valence-corrected chi connectivity index (χ0v) is 17.8. The maximum Gasteiger partial charge on any atom is 0.275 e. The lowest BCUT2D eigenvalue weighted by Crippen LogP contribution is -2.36. The number of nitrogens with one attached hydrogen (secondary N) is 1. The quantitative estimate of drug-likeness (QED) is 0.659. The third-order valence-electron chi connectivity index (χ3n) is 5.46. The van der Waals surface area contributed by atoms with Crippen molar-refractivity contribution < 1.29 is 19.1 Å². The summed E-state index contributed by atoms with van der Waals surface area (Å²) in [5, 5.41) is 8.14. The number of amides is 2. The summed E-state index contributed by atoms with van der Waals surface area (Å²) in [6.45, 7) is 1.49. The molecule has 1 fully saturated rings. The van der Waals surface area contributed by atoms with Crippen molar-refractivity contribution >= 4 is 28.4 Å². The number of benzene rings is 2. The van der Waals surface area contributed by atoms with Gasteiger partial charge in [-0.3, -0.25) is 14.3 Å². The topological polar surface area (TPSA) is 85.7 Å². The molecule has 1 aliphatic rings. The van der Waals surface area contributed by atoms with Crippen molar-refractivity contribution in [1.29, 1.82) is 0 Å². The van der Waals surface area contributed by atoms with Gasteiger partial charge in [0.25, 0.3) is 5.91 Å². The van der Waals surface area contributed by atoms with E-state index >= 15 is 0 Å². The Morgan fingerprint density at radius 3 is 2.48 bits per heavy atom. The highest BCUT2D eigenvalue weighted by Crippen LogP contribution is 2.30. The third-order valence-corrected chi connectivity index (χ3v) is 5.46. The number of hydrogen-bond donors (Lipinski definition) is 1. The molecule has 0 atom stereocenters. The Labute approximate surface area is 180 Å². The molecular weight excluding hydrogens is 396 g/mol. The number of hydrogen-bond acceptors (Lipinski definition) is 5. The molecule has 1 aromatic heterocycles. The molecule has 0 spiro atoms. The van der Waals surface area contributed by atoms with Crippen molar-refractivity contribution in [3.63, 3.8) is 0 Å². The van der Waals surface area contributed by atoms with Gasteiger partial charge >= 0.3 is 0 Å². The number of piperidine rings is 1. The van der Waals surface area contributed by atoms with Gasteiger partial charge in [0.2, 0.25) is 5.91 Å². The highest BCUT2D eigenvalue weighted by atomic mass is 16.5. The third kappa shape index (κ3) is 4.33. The van der Waals surface area contributed by atoms with E-state index in [9.17, 15) is 9.59 Å². The molecule has 0 radical (unpaired) electrons. The Hall–Kier alpha value is -3.55. The minimum atomic E-state index is -0.252. The molecule has 2 aromatic carbocycles. The van der Waals surface area contributed by atoms with Crippen LogP contribution in [0.4, 0.5) is 5.69 Å². The summed E-state index contributed by atoms with van der Waals surface area (Å²) in [5.41, 5.74) is 1.74. The monoisotopic (exact) mass is 422 g/mol. The summed E-state index contributed by atoms with van der Waals surface area (Å²) in [7, 11) is 3.10. The van der Waals surface area contributed by atoms with Gasteiger partial charge in [-0.15, -0.1) is 0 Å². The SMILES string of the molecule is COc1ccc(NC(=O)Cn2nc(C(=O)N3CCCCC3)c3ccccc32)cc1OC. The van der Waals surface area contributed by atoms with Crippen LogP contribution in [0.2, 0.25) is 0 Å². The van der Waals surface area contributed by atoms with E-state index in [-0.39, 0.29) is 18.4 Å². The molecule has 0 aliphatic carbocycles. The lowest BCUT2D eigenvalue weighted by Gasteiger charge is -2.25. The molecule has 31 heavy (non-hydrogen) atoms. The molecule has 1 saturated heterocycles. The van der Waals surface area contributed by atoms with Crippen molar-refractivity contribution in [2.45, 2.75) is 25.8 Å². The van der Waals surface area contributed by atoms with Crippen LogP contribution < -0.4 is 14.8 Å². The van der Waals surface area contributed by atoms with Crippen LogP contribution in [0, 0.1) is 0 Å². The number of carbonyl (C=O) groups excluding carboxylic acids is 2. The molecule has 0 saturated carbocycles. The molecule has 2 heterocycles. The van der Waals surface area contributed by atoms with Gasteiger partial charge in [-0.05, 0) is 37.5 Å². The van der Waals surface area contributed by atoms with Crippen molar-refractivity contribution in [1.82, 2.24) is 14.7 Å². The molecule has 0 unspecified atom stereocenters. The van der Waals surface area contributed by atoms with Gasteiger partial charge in [0.05, 0.1) is 19.7 Å². The Kier molecular flexibility index (Phi) is 6.06. The van der Waals surface area contributed by atoms with E-state index in [0.717, 1.165) is 43.3 Å². The highest BCUT2D eigenvalue weighted by Gasteiger charge is 2.24. The summed E-state index contributed by atoms with van der Waals surface area (Å²) < 4.78 is 12.1. The van der Waals surface area contributed by atoms with E-state index < -0.39 is 0 Å². The fourth-order valence-corrected chi connectivity index (χ4v) is 3.90. The van der Waals surface area contributed by atoms with Gasteiger partial charge in [0.1, 0.15) is 6.54 Å². The first-order chi connectivity index (χ1) is 15.1. The van der Waals surface area contributed by atoms with Crippen molar-refractivity contribution in [2.24, 2.45) is 0 Å². The minimum absolute atomic E-state index is 0.0118. The van der Waals surface area contributed by atoms with Crippen molar-refractivity contribution in [2.75, 3.05) is 32.6 Å². The molecule has 8 nitrogen and oxygen atoms in total. The number of para-hydroxylation sites is 1. The van der Waals surface area contributed by atoms with Gasteiger partial charge in [0, 0.05) is 30.2 Å². The standard InChI is InChI=1S/C23H26N4O4/c1-30-19-11-10-16(14-20(19)31-2)24-21(28)15-27-18-9-5-4-8-17(18)22(25-27)23(29)26-12-6-3-7-13-26/h4-5,8-11,14H,3,6-7,12-13,15H2,1-2H3,(H,24,28). The predicted molar refractivity (Wildman–Crippen MR) is 118 cm³/mol. The normalized spacial score (nSPS) is 13.8. The number of likely N-dealkylation sites (tertiary alicyclic amines) is 1. The second-order valence-electron chi connectivity index (χ2n) is 7.49. The summed E-state index contributed by atoms with van der Waals surface area (Å²) in [5.74, 6) is 0.783. The van der Waals surface area contributed by atoms with Crippen LogP contribution in [0.25, 0.3) is 10.9 Å². The Morgan fingerprint density at radius 2 is 1.74 bits per heavy atom. The number of aromatic nitrogens is 2. The Bertz CT molecular complexity index is 1100. The van der Waals surface area contributed by atoms with Crippen molar-refractivity contribution in [3.8, 4) is 11.5 Å². The summed E-state index contributed by atoms with van der Waals surface area (Å²) in [4.78, 5) is 27.6. The number of anilines is 1. The highest BCUT2D eigenvalue weighted by molar-refractivity contribution is 6.05. The van der Waals surface area contributed by atoms with Crippen LogP contribution in [0.5, 0.6) is 11.5 Å². The number of nitrogens with zero attached hydrogens (tertiary/aromatic N) is 3. The van der Waals surface area contributed by atoms with E-state index in [1.165, 1.54) is 0 Å². The van der Waals surface area contributed by atoms with Crippen LogP contribution in [-0.4, -0.2) is 53.8 Å². The molecule has 162 valence electrons. The first-order valence-electron chi connectivity index (χ1n) is 10.4. The molecule has 8 heteroatoms. The Balaban J connectivity index is 1.56. The average Bonchev–Trinajstić information content (AvgIpc) is 3.17. The van der Waals surface area contributed by atoms with E-state index in [1.54, 1.807) is 37.1 Å². The van der Waals surface area contributed by atoms with E-state index in [1.807, 2.05) is 29.2 Å². The van der Waals surface area contributed by atoms with Gasteiger partial charge in [-0.2, -0.15) is 5.10 Å². The smallest absolute Gasteiger partial charge is 0.275 e. The van der Waals surface area contributed by atoms with Crippen LogP contribution >= 0.6 is 0 Å². The van der Waals surface area contributed by atoms with Crippen LogP contribution in [0.15, 0.2) is 42.5 Å². The average molecular weight is 422 g/mol. The van der Waals surface area contributed by atoms with E-state index in [0.29, 0.717) is 22.9 Å². The maximum atomic E-state index is 13.1. The zero-order valence-electron chi connectivity index (χ0n) is 17.8. The molecule has 0 bridgehead atoms. The summed E-state index contributed by atoms with van der Waals surface area (Å²) >= 11 is 0. The van der Waals surface area contributed by atoms with E-state index in [4.69, 9.17) is 9.47 Å². The number of fused-ring (bicyclic) bond motifs is 1. The van der Waals surface area contributed by atoms with Crippen LogP contribution in [0.3, 0.4) is 0 Å². The largest absolute Gasteiger partial charge is 0.493 e. The summed E-state index contributed by atoms with van der Waals surface area (Å²) in [6, 6.07) is 12.7. The zero-order chi connectivity index (χ0) is 21.8. The lowest BCUT2D eigenvalue weighted by molar-refractivity contribution is -0.116. The number of rotatable bonds is 6. The molecule has 1 aliphatic heterocycles. The van der Waals surface area contributed by atoms with Crippen LogP contribution in [-0.2, 0) is 11.3 Å². The predicted octanol–water partition coefficient (Wildman–Crippen LogP) is 3.32. The molecular formula is C23H26N4O4. The molecule has 4 rings (SSSR count). The fourth-order valence-electron chi connectivity index (χ4n) is 3.90. The van der Waals surface area contributed by atoms with Gasteiger partial charge in [0.15, 0.2) is 17.2 Å². The second-order valence-corrected chi connectivity index (χ2v) is 7.49. The minimum Gasteiger partial charge on any atom is -0.493 e. The molecule has 3 aromatic rings. The van der Waals surface area contributed by atoms with Crippen LogP contribution in [0.1, 0.15) is 29.8 Å². The first kappa shape index (κ1) is 20.7. The number of carbonyl (C=O) groups is 2. The lowest BCUT2D eigenvalue weighted by atomic mass is 10.1. The molecule has 1 N–H and O–H groups in total. The summed E-state index contributed by atoms with van der Waals surface area (Å²) in [6.07, 6.45) is 3.17. The van der Waals surface area contributed by atoms with E-state index in [2.05, 4.69) is 10.4 Å². The number of methoxy groups -OCH3 is 2. The first-order valence-corrected chi connectivity index (χ1v) is 10.4. The van der Waals surface area contributed by atoms with Crippen molar-refractivity contribution in [3.05, 3.63) is 48.2 Å². The van der Waals surface area contributed by atoms with Gasteiger partial charge < -0.3 is 19.7 Å². The van der Waals surface area contributed by atoms with Gasteiger partial charge in [-0.25, -0.2) is 0 Å².